The predicted molar refractivity (Wildman–Crippen MR) is 85.4 cm³/mol. The molecule has 1 aliphatic carbocycles. The molecule has 0 heterocycles. The van der Waals surface area contributed by atoms with Gasteiger partial charge in [0.15, 0.2) is 0 Å². The van der Waals surface area contributed by atoms with E-state index in [1.165, 1.54) is 27.8 Å². The Bertz CT molecular complexity index is 666. The monoisotopic (exact) mass is 285 g/mol. The van der Waals surface area contributed by atoms with E-state index in [0.29, 0.717) is 5.75 Å². The van der Waals surface area contributed by atoms with Gasteiger partial charge in [0.1, 0.15) is 0 Å². The molecule has 0 bridgehead atoms. The van der Waals surface area contributed by atoms with Crippen molar-refractivity contribution in [3.8, 4) is 11.1 Å². The molecule has 3 heteroatoms. The van der Waals surface area contributed by atoms with Crippen LogP contribution in [0.25, 0.3) is 11.1 Å². The third kappa shape index (κ3) is 2.43. The molecular formula is C17H19NOS. The van der Waals surface area contributed by atoms with Gasteiger partial charge in [-0.15, -0.1) is 0 Å². The molecule has 2 nitrogen and oxygen atoms in total. The fourth-order valence-electron chi connectivity index (χ4n) is 2.96. The summed E-state index contributed by atoms with van der Waals surface area (Å²) in [5.74, 6) is 0.655. The van der Waals surface area contributed by atoms with Gasteiger partial charge in [0, 0.05) is 28.9 Å². The Morgan fingerprint density at radius 3 is 2.65 bits per heavy atom. The van der Waals surface area contributed by atoms with Crippen LogP contribution in [0.5, 0.6) is 0 Å². The first-order valence-corrected chi connectivity index (χ1v) is 8.60. The van der Waals surface area contributed by atoms with E-state index in [-0.39, 0.29) is 6.04 Å². The van der Waals surface area contributed by atoms with Crippen molar-refractivity contribution < 1.29 is 4.21 Å². The summed E-state index contributed by atoms with van der Waals surface area (Å²) < 4.78 is 11.5. The van der Waals surface area contributed by atoms with Crippen LogP contribution in [-0.2, 0) is 17.2 Å². The molecule has 2 aromatic rings. The summed E-state index contributed by atoms with van der Waals surface area (Å²) in [6.45, 7) is 0. The number of benzene rings is 2. The van der Waals surface area contributed by atoms with Crippen molar-refractivity contribution in [2.45, 2.75) is 12.5 Å². The molecule has 1 N–H and O–H groups in total. The maximum Gasteiger partial charge on any atom is 0.0434 e. The third-order valence-electron chi connectivity index (χ3n) is 3.97. The Hall–Kier alpha value is -1.45. The summed E-state index contributed by atoms with van der Waals surface area (Å²) in [5.41, 5.74) is 6.71. The Morgan fingerprint density at radius 2 is 1.90 bits per heavy atom. The minimum absolute atomic E-state index is 0.162. The lowest BCUT2D eigenvalue weighted by Crippen LogP contribution is -2.22. The second-order valence-electron chi connectivity index (χ2n) is 5.33. The molecule has 0 saturated carbocycles. The van der Waals surface area contributed by atoms with Gasteiger partial charge in [0.05, 0.1) is 0 Å². The van der Waals surface area contributed by atoms with Crippen LogP contribution in [-0.4, -0.2) is 23.3 Å². The van der Waals surface area contributed by atoms with Gasteiger partial charge in [-0.25, -0.2) is 0 Å². The molecule has 0 fully saturated rings. The van der Waals surface area contributed by atoms with Gasteiger partial charge in [-0.05, 0) is 41.3 Å². The second kappa shape index (κ2) is 5.51. The number of rotatable bonds is 4. The van der Waals surface area contributed by atoms with Crippen LogP contribution in [0, 0.1) is 0 Å². The van der Waals surface area contributed by atoms with Gasteiger partial charge in [-0.1, -0.05) is 42.5 Å². The molecule has 0 amide bonds. The molecule has 0 aromatic heterocycles. The van der Waals surface area contributed by atoms with Crippen LogP contribution in [0.15, 0.2) is 42.5 Å². The molecule has 1 aliphatic rings. The molecular weight excluding hydrogens is 266 g/mol. The van der Waals surface area contributed by atoms with Crippen molar-refractivity contribution in [2.24, 2.45) is 0 Å². The molecule has 2 aromatic carbocycles. The summed E-state index contributed by atoms with van der Waals surface area (Å²) >= 11 is 0. The van der Waals surface area contributed by atoms with Crippen molar-refractivity contribution in [1.29, 1.82) is 0 Å². The quantitative estimate of drug-likeness (QED) is 0.798. The third-order valence-corrected chi connectivity index (χ3v) is 4.77. The van der Waals surface area contributed by atoms with Gasteiger partial charge in [-0.3, -0.25) is 4.21 Å². The summed E-state index contributed by atoms with van der Waals surface area (Å²) in [7, 11) is 1.13. The average Bonchev–Trinajstić information content (AvgIpc) is 2.82. The lowest BCUT2D eigenvalue weighted by molar-refractivity contribution is 0.638. The standard InChI is InChI=1S/C17H19NOS/c1-18-17(11-20(2)19)13-7-8-16-14(10-13)9-12-5-3-4-6-15(12)16/h3-8,10,17-18H,9,11H2,1-2H3. The van der Waals surface area contributed by atoms with E-state index in [9.17, 15) is 4.21 Å². The van der Waals surface area contributed by atoms with Crippen LogP contribution >= 0.6 is 0 Å². The number of fused-ring (bicyclic) bond motifs is 3. The van der Waals surface area contributed by atoms with Gasteiger partial charge in [0.2, 0.25) is 0 Å². The highest BCUT2D eigenvalue weighted by atomic mass is 32.2. The smallest absolute Gasteiger partial charge is 0.0434 e. The lowest BCUT2D eigenvalue weighted by atomic mass is 10.0. The number of nitrogens with one attached hydrogen (secondary N) is 1. The normalized spacial score (nSPS) is 15.5. The molecule has 20 heavy (non-hydrogen) atoms. The molecule has 0 saturated heterocycles. The van der Waals surface area contributed by atoms with Crippen molar-refractivity contribution in [2.75, 3.05) is 19.1 Å². The molecule has 0 aliphatic heterocycles. The number of hydrogen-bond acceptors (Lipinski definition) is 2. The van der Waals surface area contributed by atoms with E-state index in [0.717, 1.165) is 6.42 Å². The zero-order valence-corrected chi connectivity index (χ0v) is 12.7. The minimum atomic E-state index is -0.797. The predicted octanol–water partition coefficient (Wildman–Crippen LogP) is 2.90. The highest BCUT2D eigenvalue weighted by Gasteiger charge is 2.20. The first-order valence-electron chi connectivity index (χ1n) is 6.87. The van der Waals surface area contributed by atoms with Gasteiger partial charge >= 0.3 is 0 Å². The van der Waals surface area contributed by atoms with Crippen LogP contribution in [0.2, 0.25) is 0 Å². The molecule has 0 radical (unpaired) electrons. The van der Waals surface area contributed by atoms with Crippen molar-refractivity contribution >= 4 is 10.8 Å². The Morgan fingerprint density at radius 1 is 1.15 bits per heavy atom. The second-order valence-corrected chi connectivity index (χ2v) is 6.81. The highest BCUT2D eigenvalue weighted by molar-refractivity contribution is 7.84. The lowest BCUT2D eigenvalue weighted by Gasteiger charge is -2.16. The van der Waals surface area contributed by atoms with Gasteiger partial charge in [0.25, 0.3) is 0 Å². The van der Waals surface area contributed by atoms with Crippen LogP contribution < -0.4 is 5.32 Å². The SMILES string of the molecule is CNC(CS(C)=O)c1ccc2c(c1)Cc1ccccc1-2. The highest BCUT2D eigenvalue weighted by Crippen LogP contribution is 2.37. The van der Waals surface area contributed by atoms with Crippen LogP contribution in [0.3, 0.4) is 0 Å². The maximum atomic E-state index is 11.5. The molecule has 104 valence electrons. The van der Waals surface area contributed by atoms with E-state index in [2.05, 4.69) is 47.8 Å². The minimum Gasteiger partial charge on any atom is -0.312 e. The van der Waals surface area contributed by atoms with Crippen LogP contribution in [0.4, 0.5) is 0 Å². The Kier molecular flexibility index (Phi) is 3.72. The molecule has 2 unspecified atom stereocenters. The van der Waals surface area contributed by atoms with Crippen molar-refractivity contribution in [1.82, 2.24) is 5.32 Å². The summed E-state index contributed by atoms with van der Waals surface area (Å²) in [5, 5.41) is 3.27. The molecule has 3 rings (SSSR count). The van der Waals surface area contributed by atoms with E-state index < -0.39 is 10.8 Å². The zero-order chi connectivity index (χ0) is 14.1. The van der Waals surface area contributed by atoms with Crippen molar-refractivity contribution in [3.05, 3.63) is 59.2 Å². The summed E-state index contributed by atoms with van der Waals surface area (Å²) in [6, 6.07) is 15.4. The summed E-state index contributed by atoms with van der Waals surface area (Å²) in [4.78, 5) is 0. The van der Waals surface area contributed by atoms with Gasteiger partial charge in [-0.2, -0.15) is 0 Å². The Balaban J connectivity index is 1.96. The van der Waals surface area contributed by atoms with Crippen molar-refractivity contribution in [3.63, 3.8) is 0 Å². The van der Waals surface area contributed by atoms with E-state index >= 15 is 0 Å². The molecule has 2 atom stereocenters. The zero-order valence-electron chi connectivity index (χ0n) is 11.8. The largest absolute Gasteiger partial charge is 0.312 e. The topological polar surface area (TPSA) is 29.1 Å². The van der Waals surface area contributed by atoms with E-state index in [1.807, 2.05) is 7.05 Å². The number of hydrogen-bond donors (Lipinski definition) is 1. The van der Waals surface area contributed by atoms with E-state index in [4.69, 9.17) is 0 Å². The first kappa shape index (κ1) is 13.5. The fraction of sp³-hybridized carbons (Fsp3) is 0.294. The maximum absolute atomic E-state index is 11.5. The Labute approximate surface area is 122 Å². The van der Waals surface area contributed by atoms with Gasteiger partial charge < -0.3 is 5.32 Å². The average molecular weight is 285 g/mol. The summed E-state index contributed by atoms with van der Waals surface area (Å²) in [6.07, 6.45) is 2.76. The van der Waals surface area contributed by atoms with Crippen LogP contribution in [0.1, 0.15) is 22.7 Å². The fourth-order valence-corrected chi connectivity index (χ4v) is 3.79. The van der Waals surface area contributed by atoms with E-state index in [1.54, 1.807) is 6.26 Å². The molecule has 0 spiro atoms. The first-order chi connectivity index (χ1) is 9.69.